The smallest absolute Gasteiger partial charge is 0.229 e. The van der Waals surface area contributed by atoms with E-state index >= 15 is 0 Å². The molecule has 0 unspecified atom stereocenters. The van der Waals surface area contributed by atoms with Crippen LogP contribution in [0.5, 0.6) is 0 Å². The number of allylic oxidation sites excluding steroid dienone is 4. The van der Waals surface area contributed by atoms with Gasteiger partial charge in [-0.1, -0.05) is 36.4 Å². The van der Waals surface area contributed by atoms with Gasteiger partial charge in [0.25, 0.3) is 0 Å². The fourth-order valence-corrected chi connectivity index (χ4v) is 1.60. The van der Waals surface area contributed by atoms with Crippen molar-refractivity contribution in [2.45, 2.75) is 6.92 Å². The lowest BCUT2D eigenvalue weighted by Gasteiger charge is -2.13. The summed E-state index contributed by atoms with van der Waals surface area (Å²) in [5.74, 6) is -0.461. The van der Waals surface area contributed by atoms with Gasteiger partial charge in [0.1, 0.15) is 0 Å². The summed E-state index contributed by atoms with van der Waals surface area (Å²) in [4.78, 5) is 23.8. The molecule has 0 spiro atoms. The first-order valence-corrected chi connectivity index (χ1v) is 5.48. The molecule has 0 amide bonds. The van der Waals surface area contributed by atoms with Crippen LogP contribution in [0.3, 0.4) is 0 Å². The Morgan fingerprint density at radius 3 is 2.56 bits per heavy atom. The predicted molar refractivity (Wildman–Crippen MR) is 68.2 cm³/mol. The Hall–Kier alpha value is -2.42. The van der Waals surface area contributed by atoms with Crippen molar-refractivity contribution >= 4 is 11.6 Å². The number of carbonyl (C=O) groups excluding carboxylic acids is 2. The molecule has 2 rings (SSSR count). The molecule has 18 heavy (non-hydrogen) atoms. The van der Waals surface area contributed by atoms with Crippen LogP contribution in [-0.4, -0.2) is 11.6 Å². The van der Waals surface area contributed by atoms with Gasteiger partial charge < -0.3 is 4.74 Å². The first-order chi connectivity index (χ1) is 8.59. The largest absolute Gasteiger partial charge is 0.461 e. The van der Waals surface area contributed by atoms with E-state index in [1.807, 2.05) is 0 Å². The topological polar surface area (TPSA) is 43.4 Å². The highest BCUT2D eigenvalue weighted by atomic mass is 16.5. The van der Waals surface area contributed by atoms with E-state index in [0.717, 1.165) is 5.57 Å². The summed E-state index contributed by atoms with van der Waals surface area (Å²) in [6.45, 7) is 5.47. The second kappa shape index (κ2) is 4.84. The zero-order valence-corrected chi connectivity index (χ0v) is 9.97. The van der Waals surface area contributed by atoms with E-state index in [4.69, 9.17) is 4.74 Å². The van der Waals surface area contributed by atoms with Crippen molar-refractivity contribution in [1.29, 1.82) is 0 Å². The van der Waals surface area contributed by atoms with Crippen molar-refractivity contribution in [3.8, 4) is 0 Å². The summed E-state index contributed by atoms with van der Waals surface area (Å²) in [5, 5.41) is 0. The molecule has 0 bridgehead atoms. The highest BCUT2D eigenvalue weighted by Crippen LogP contribution is 2.21. The standard InChI is InChI=1S/C15H12O3/c1-10(2)7-8-18-14-9-13(16)11-5-3-4-6-12(11)15(14)17/h3-9H,1H2,2H3. The van der Waals surface area contributed by atoms with E-state index in [1.54, 1.807) is 37.3 Å². The van der Waals surface area contributed by atoms with E-state index in [1.165, 1.54) is 12.3 Å². The summed E-state index contributed by atoms with van der Waals surface area (Å²) >= 11 is 0. The van der Waals surface area contributed by atoms with E-state index < -0.39 is 0 Å². The van der Waals surface area contributed by atoms with Gasteiger partial charge in [0, 0.05) is 17.2 Å². The number of Topliss-reactive ketones (excluding diaryl/α,β-unsaturated/α-hetero) is 1. The number of ketones is 2. The molecule has 0 aromatic heterocycles. The number of hydrogen-bond acceptors (Lipinski definition) is 3. The Labute approximate surface area is 105 Å². The van der Waals surface area contributed by atoms with Crippen molar-refractivity contribution in [3.63, 3.8) is 0 Å². The number of ether oxygens (including phenoxy) is 1. The van der Waals surface area contributed by atoms with E-state index in [9.17, 15) is 9.59 Å². The van der Waals surface area contributed by atoms with Gasteiger partial charge in [-0.05, 0) is 13.0 Å². The Morgan fingerprint density at radius 2 is 1.89 bits per heavy atom. The zero-order chi connectivity index (χ0) is 13.1. The first-order valence-electron chi connectivity index (χ1n) is 5.48. The molecule has 0 heterocycles. The fourth-order valence-electron chi connectivity index (χ4n) is 1.60. The summed E-state index contributed by atoms with van der Waals surface area (Å²) in [6, 6.07) is 6.70. The van der Waals surface area contributed by atoms with Crippen molar-refractivity contribution < 1.29 is 14.3 Å². The Morgan fingerprint density at radius 1 is 1.22 bits per heavy atom. The molecule has 3 heteroatoms. The summed E-state index contributed by atoms with van der Waals surface area (Å²) in [6.07, 6.45) is 4.19. The molecule has 1 aromatic rings. The van der Waals surface area contributed by atoms with Crippen LogP contribution >= 0.6 is 0 Å². The minimum Gasteiger partial charge on any atom is -0.461 e. The molecule has 0 atom stereocenters. The monoisotopic (exact) mass is 240 g/mol. The molecule has 0 saturated carbocycles. The number of fused-ring (bicyclic) bond motifs is 1. The number of benzene rings is 1. The van der Waals surface area contributed by atoms with E-state index in [2.05, 4.69) is 6.58 Å². The molecule has 0 fully saturated rings. The third-order valence-corrected chi connectivity index (χ3v) is 2.47. The highest BCUT2D eigenvalue weighted by molar-refractivity contribution is 6.23. The molecule has 0 aliphatic heterocycles. The molecular formula is C15H12O3. The van der Waals surface area contributed by atoms with E-state index in [-0.39, 0.29) is 17.3 Å². The maximum Gasteiger partial charge on any atom is 0.229 e. The van der Waals surface area contributed by atoms with E-state index in [0.29, 0.717) is 11.1 Å². The molecule has 1 aliphatic carbocycles. The Kier molecular flexibility index (Phi) is 3.24. The molecule has 1 aromatic carbocycles. The number of rotatable bonds is 3. The van der Waals surface area contributed by atoms with Gasteiger partial charge in [0.15, 0.2) is 11.5 Å². The highest BCUT2D eigenvalue weighted by Gasteiger charge is 2.25. The van der Waals surface area contributed by atoms with Crippen LogP contribution in [0.1, 0.15) is 27.6 Å². The third kappa shape index (κ3) is 2.30. The summed E-state index contributed by atoms with van der Waals surface area (Å²) in [7, 11) is 0. The van der Waals surface area contributed by atoms with Crippen LogP contribution in [0.4, 0.5) is 0 Å². The van der Waals surface area contributed by atoms with Gasteiger partial charge in [-0.3, -0.25) is 9.59 Å². The lowest BCUT2D eigenvalue weighted by molar-refractivity contribution is 0.0932. The zero-order valence-electron chi connectivity index (χ0n) is 9.97. The molecule has 90 valence electrons. The Bertz CT molecular complexity index is 592. The van der Waals surface area contributed by atoms with Crippen molar-refractivity contribution in [2.24, 2.45) is 0 Å². The average Bonchev–Trinajstić information content (AvgIpc) is 2.35. The number of carbonyl (C=O) groups is 2. The quantitative estimate of drug-likeness (QED) is 0.602. The Balaban J connectivity index is 2.29. The summed E-state index contributed by atoms with van der Waals surface area (Å²) in [5.41, 5.74) is 1.59. The van der Waals surface area contributed by atoms with Crippen LogP contribution < -0.4 is 0 Å². The predicted octanol–water partition coefficient (Wildman–Crippen LogP) is 3.06. The lowest BCUT2D eigenvalue weighted by atomic mass is 9.94. The lowest BCUT2D eigenvalue weighted by Crippen LogP contribution is -2.17. The van der Waals surface area contributed by atoms with Crippen molar-refractivity contribution in [1.82, 2.24) is 0 Å². The first kappa shape index (κ1) is 12.0. The van der Waals surface area contributed by atoms with Crippen LogP contribution in [-0.2, 0) is 4.74 Å². The van der Waals surface area contributed by atoms with Crippen molar-refractivity contribution in [3.05, 3.63) is 71.7 Å². The van der Waals surface area contributed by atoms with Gasteiger partial charge >= 0.3 is 0 Å². The molecule has 0 saturated heterocycles. The molecule has 3 nitrogen and oxygen atoms in total. The van der Waals surface area contributed by atoms with Crippen LogP contribution in [0.2, 0.25) is 0 Å². The minimum atomic E-state index is -0.281. The maximum atomic E-state index is 12.0. The molecular weight excluding hydrogens is 228 g/mol. The second-order valence-electron chi connectivity index (χ2n) is 4.01. The maximum absolute atomic E-state index is 12.0. The van der Waals surface area contributed by atoms with Crippen LogP contribution in [0.15, 0.2) is 60.6 Å². The van der Waals surface area contributed by atoms with Crippen LogP contribution in [0, 0.1) is 0 Å². The second-order valence-corrected chi connectivity index (χ2v) is 4.01. The van der Waals surface area contributed by atoms with Crippen molar-refractivity contribution in [2.75, 3.05) is 0 Å². The normalized spacial score (nSPS) is 14.4. The van der Waals surface area contributed by atoms with Gasteiger partial charge in [0.2, 0.25) is 5.78 Å². The molecule has 0 radical (unpaired) electrons. The molecule has 1 aliphatic rings. The summed E-state index contributed by atoms with van der Waals surface area (Å²) < 4.78 is 5.18. The number of hydrogen-bond donors (Lipinski definition) is 0. The average molecular weight is 240 g/mol. The van der Waals surface area contributed by atoms with Crippen LogP contribution in [0.25, 0.3) is 0 Å². The van der Waals surface area contributed by atoms with Gasteiger partial charge in [-0.2, -0.15) is 0 Å². The fraction of sp³-hybridized carbons (Fsp3) is 0.0667. The van der Waals surface area contributed by atoms with Gasteiger partial charge in [-0.15, -0.1) is 0 Å². The minimum absolute atomic E-state index is 0.0381. The molecule has 0 N–H and O–H groups in total. The van der Waals surface area contributed by atoms with Gasteiger partial charge in [-0.25, -0.2) is 0 Å². The van der Waals surface area contributed by atoms with Gasteiger partial charge in [0.05, 0.1) is 6.26 Å². The third-order valence-electron chi connectivity index (χ3n) is 2.47. The SMILES string of the molecule is C=C(C)C=COC1=CC(=O)c2ccccc2C1=O.